The van der Waals surface area contributed by atoms with Crippen LogP contribution in [0.15, 0.2) is 42.6 Å². The van der Waals surface area contributed by atoms with Crippen LogP contribution in [0.25, 0.3) is 22.0 Å². The summed E-state index contributed by atoms with van der Waals surface area (Å²) in [6.07, 6.45) is 3.42. The van der Waals surface area contributed by atoms with Gasteiger partial charge >= 0.3 is 12.1 Å². The lowest BCUT2D eigenvalue weighted by Gasteiger charge is -2.38. The number of nitrogens with zero attached hydrogens (tertiary/aromatic N) is 3. The second-order valence-corrected chi connectivity index (χ2v) is 15.7. The Balaban J connectivity index is 0.997. The van der Waals surface area contributed by atoms with Crippen molar-refractivity contribution in [2.75, 3.05) is 65.5 Å². The summed E-state index contributed by atoms with van der Waals surface area (Å²) in [6, 6.07) is 11.3. The van der Waals surface area contributed by atoms with Crippen LogP contribution >= 0.6 is 11.6 Å². The van der Waals surface area contributed by atoms with Crippen molar-refractivity contribution in [3.8, 4) is 16.9 Å². The first-order valence-corrected chi connectivity index (χ1v) is 18.0. The van der Waals surface area contributed by atoms with E-state index in [1.807, 2.05) is 82.8 Å². The van der Waals surface area contributed by atoms with Crippen molar-refractivity contribution < 1.29 is 28.6 Å². The molecule has 0 aliphatic carbocycles. The number of benzene rings is 2. The van der Waals surface area contributed by atoms with Crippen molar-refractivity contribution in [1.82, 2.24) is 25.0 Å². The van der Waals surface area contributed by atoms with Crippen molar-refractivity contribution in [1.29, 1.82) is 0 Å². The van der Waals surface area contributed by atoms with Crippen LogP contribution in [-0.2, 0) is 14.3 Å². The van der Waals surface area contributed by atoms with Gasteiger partial charge in [0, 0.05) is 68.5 Å². The minimum absolute atomic E-state index is 0.00699. The largest absolute Gasteiger partial charge is 0.492 e. The predicted molar refractivity (Wildman–Crippen MR) is 196 cm³/mol. The van der Waals surface area contributed by atoms with Crippen molar-refractivity contribution >= 4 is 40.5 Å². The van der Waals surface area contributed by atoms with Gasteiger partial charge in [-0.25, -0.2) is 9.59 Å². The lowest BCUT2D eigenvalue weighted by molar-refractivity contribution is -0.122. The highest BCUT2D eigenvalue weighted by atomic mass is 35.5. The third kappa shape index (κ3) is 10.6. The van der Waals surface area contributed by atoms with Crippen molar-refractivity contribution in [3.63, 3.8) is 0 Å². The number of esters is 1. The van der Waals surface area contributed by atoms with Crippen molar-refractivity contribution in [3.05, 3.63) is 53.2 Å². The number of aromatic amines is 1. The molecule has 2 N–H and O–H groups in total. The van der Waals surface area contributed by atoms with Gasteiger partial charge in [0.2, 0.25) is 5.91 Å². The standard InChI is InChI=1S/C38H52ClN5O6/c1-37(2,3)49-35(46)31-23-41-33-22-32(39)29(21-30(31)33)27-7-9-28(10-8-27)48-20-13-40-34(45)25-43-18-16-42(17-19-43)24-26-11-14-44(15-12-26)36(47)50-38(4,5)6/h7-10,21-23,26,41H,11-20,24-25H2,1-6H3,(H,40,45). The molecule has 3 heterocycles. The van der Waals surface area contributed by atoms with Crippen LogP contribution in [0.3, 0.4) is 0 Å². The number of amides is 2. The number of rotatable bonds is 10. The van der Waals surface area contributed by atoms with E-state index in [1.165, 1.54) is 0 Å². The maximum absolute atomic E-state index is 12.8. The van der Waals surface area contributed by atoms with Crippen LogP contribution in [0.2, 0.25) is 5.02 Å². The number of likely N-dealkylation sites (tertiary alicyclic amines) is 1. The van der Waals surface area contributed by atoms with Gasteiger partial charge in [-0.1, -0.05) is 23.7 Å². The Morgan fingerprint density at radius 1 is 0.880 bits per heavy atom. The first kappa shape index (κ1) is 37.5. The van der Waals surface area contributed by atoms with Gasteiger partial charge in [-0.2, -0.15) is 0 Å². The normalized spacial score (nSPS) is 16.7. The summed E-state index contributed by atoms with van der Waals surface area (Å²) in [5.74, 6) is 0.859. The number of aromatic nitrogens is 1. The van der Waals surface area contributed by atoms with E-state index in [9.17, 15) is 14.4 Å². The van der Waals surface area contributed by atoms with Crippen LogP contribution in [0.5, 0.6) is 5.75 Å². The monoisotopic (exact) mass is 709 g/mol. The lowest BCUT2D eigenvalue weighted by Crippen LogP contribution is -2.51. The number of ether oxygens (including phenoxy) is 3. The summed E-state index contributed by atoms with van der Waals surface area (Å²) in [5.41, 5.74) is 1.83. The van der Waals surface area contributed by atoms with E-state index in [2.05, 4.69) is 20.1 Å². The van der Waals surface area contributed by atoms with E-state index < -0.39 is 17.2 Å². The van der Waals surface area contributed by atoms with Gasteiger partial charge in [-0.3, -0.25) is 9.69 Å². The van der Waals surface area contributed by atoms with Gasteiger partial charge in [0.15, 0.2) is 0 Å². The van der Waals surface area contributed by atoms with Crippen molar-refractivity contribution in [2.24, 2.45) is 5.92 Å². The molecule has 2 aliphatic rings. The summed E-state index contributed by atoms with van der Waals surface area (Å²) in [5, 5.41) is 4.27. The van der Waals surface area contributed by atoms with E-state index in [4.69, 9.17) is 25.8 Å². The molecule has 12 heteroatoms. The zero-order valence-electron chi connectivity index (χ0n) is 30.3. The Labute approximate surface area is 300 Å². The summed E-state index contributed by atoms with van der Waals surface area (Å²) in [6.45, 7) is 18.5. The molecule has 0 saturated carbocycles. The fourth-order valence-electron chi connectivity index (χ4n) is 6.34. The van der Waals surface area contributed by atoms with E-state index in [0.717, 1.165) is 80.7 Å². The second-order valence-electron chi connectivity index (χ2n) is 15.3. The highest BCUT2D eigenvalue weighted by Crippen LogP contribution is 2.34. The lowest BCUT2D eigenvalue weighted by atomic mass is 9.96. The zero-order valence-corrected chi connectivity index (χ0v) is 31.0. The minimum atomic E-state index is -0.599. The van der Waals surface area contributed by atoms with Gasteiger partial charge in [0.05, 0.1) is 23.7 Å². The van der Waals surface area contributed by atoms with Crippen LogP contribution in [-0.4, -0.2) is 114 Å². The molecule has 3 aromatic rings. The summed E-state index contributed by atoms with van der Waals surface area (Å²) in [7, 11) is 0. The van der Waals surface area contributed by atoms with Gasteiger partial charge in [0.1, 0.15) is 23.6 Å². The van der Waals surface area contributed by atoms with Crippen LogP contribution in [0, 0.1) is 5.92 Å². The second kappa shape index (κ2) is 16.0. The first-order chi connectivity index (χ1) is 23.6. The molecule has 1 aromatic heterocycles. The molecule has 0 unspecified atom stereocenters. The quantitative estimate of drug-likeness (QED) is 0.189. The highest BCUT2D eigenvalue weighted by Gasteiger charge is 2.29. The summed E-state index contributed by atoms with van der Waals surface area (Å²) >= 11 is 6.62. The van der Waals surface area contributed by atoms with Gasteiger partial charge in [-0.05, 0) is 90.1 Å². The molecule has 0 spiro atoms. The zero-order chi connectivity index (χ0) is 36.1. The fraction of sp³-hybridized carbons (Fsp3) is 0.553. The smallest absolute Gasteiger partial charge is 0.410 e. The van der Waals surface area contributed by atoms with Gasteiger partial charge in [-0.15, -0.1) is 0 Å². The number of hydrogen-bond donors (Lipinski definition) is 2. The Morgan fingerprint density at radius 3 is 2.16 bits per heavy atom. The number of piperidine rings is 1. The number of nitrogens with one attached hydrogen (secondary N) is 2. The average Bonchev–Trinajstić information content (AvgIpc) is 3.45. The molecule has 0 radical (unpaired) electrons. The first-order valence-electron chi connectivity index (χ1n) is 17.6. The van der Waals surface area contributed by atoms with Gasteiger partial charge in [0.25, 0.3) is 0 Å². The maximum atomic E-state index is 12.8. The van der Waals surface area contributed by atoms with Crippen LogP contribution in [0.1, 0.15) is 64.7 Å². The Morgan fingerprint density at radius 2 is 1.52 bits per heavy atom. The molecule has 0 atom stereocenters. The van der Waals surface area contributed by atoms with Crippen LogP contribution < -0.4 is 10.1 Å². The SMILES string of the molecule is CC(C)(C)OC(=O)c1c[nH]c2cc(Cl)c(-c3ccc(OCCNC(=O)CN4CCN(CC5CCN(C(=O)OC(C)(C)C)CC5)CC4)cc3)cc12. The number of halogens is 1. The molecule has 2 aliphatic heterocycles. The molecule has 11 nitrogen and oxygen atoms in total. The van der Waals surface area contributed by atoms with Gasteiger partial charge < -0.3 is 34.3 Å². The van der Waals surface area contributed by atoms with E-state index >= 15 is 0 Å². The number of hydrogen-bond acceptors (Lipinski definition) is 8. The predicted octanol–water partition coefficient (Wildman–Crippen LogP) is 6.20. The molecule has 272 valence electrons. The third-order valence-corrected chi connectivity index (χ3v) is 9.17. The van der Waals surface area contributed by atoms with Crippen LogP contribution in [0.4, 0.5) is 4.79 Å². The van der Waals surface area contributed by atoms with E-state index in [0.29, 0.717) is 41.9 Å². The topological polar surface area (TPSA) is 116 Å². The van der Waals surface area contributed by atoms with E-state index in [-0.39, 0.29) is 12.0 Å². The number of carbonyl (C=O) groups excluding carboxylic acids is 3. The van der Waals surface area contributed by atoms with Crippen molar-refractivity contribution in [2.45, 2.75) is 65.6 Å². The average molecular weight is 710 g/mol. The van der Waals surface area contributed by atoms with E-state index in [1.54, 1.807) is 6.20 Å². The molecule has 2 saturated heterocycles. The molecule has 50 heavy (non-hydrogen) atoms. The number of H-pyrrole nitrogens is 1. The number of carbonyl (C=O) groups is 3. The maximum Gasteiger partial charge on any atom is 0.410 e. The molecule has 0 bridgehead atoms. The highest BCUT2D eigenvalue weighted by molar-refractivity contribution is 6.34. The third-order valence-electron chi connectivity index (χ3n) is 8.86. The molecule has 2 fully saturated rings. The molecule has 5 rings (SSSR count). The molecular formula is C38H52ClN5O6. The molecular weight excluding hydrogens is 658 g/mol. The minimum Gasteiger partial charge on any atom is -0.492 e. The Hall–Kier alpha value is -3.80. The fourth-order valence-corrected chi connectivity index (χ4v) is 6.61. The molecule has 2 amide bonds. The summed E-state index contributed by atoms with van der Waals surface area (Å²) in [4.78, 5) is 47.4. The number of fused-ring (bicyclic) bond motifs is 1. The Bertz CT molecular complexity index is 1630. The summed E-state index contributed by atoms with van der Waals surface area (Å²) < 4.78 is 17.0. The molecule has 2 aromatic carbocycles. The number of piperazine rings is 1. The Kier molecular flexibility index (Phi) is 12.0.